The van der Waals surface area contributed by atoms with Gasteiger partial charge in [0.1, 0.15) is 17.5 Å². The number of pyridine rings is 1. The van der Waals surface area contributed by atoms with Crippen LogP contribution in [0.1, 0.15) is 12.5 Å². The van der Waals surface area contributed by atoms with Crippen molar-refractivity contribution in [1.82, 2.24) is 24.3 Å². The Morgan fingerprint density at radius 3 is 2.33 bits per heavy atom. The molecule has 0 saturated heterocycles. The predicted molar refractivity (Wildman–Crippen MR) is 133 cm³/mol. The summed E-state index contributed by atoms with van der Waals surface area (Å²) in [6.07, 6.45) is -4.65. The summed E-state index contributed by atoms with van der Waals surface area (Å²) in [5.41, 5.74) is -2.62. The number of rotatable bonds is 6. The molecule has 0 aliphatic carbocycles. The Morgan fingerprint density at radius 1 is 0.975 bits per heavy atom. The quantitative estimate of drug-likeness (QED) is 0.243. The van der Waals surface area contributed by atoms with E-state index in [1.54, 1.807) is 24.3 Å². The van der Waals surface area contributed by atoms with Crippen molar-refractivity contribution >= 4 is 32.5 Å². The van der Waals surface area contributed by atoms with Crippen LogP contribution >= 0.6 is 11.6 Å². The molecule has 9 nitrogen and oxygen atoms in total. The van der Waals surface area contributed by atoms with E-state index in [1.165, 1.54) is 23.9 Å². The van der Waals surface area contributed by atoms with Crippen molar-refractivity contribution in [3.63, 3.8) is 0 Å². The number of hydrogen-bond acceptors (Lipinski definition) is 7. The van der Waals surface area contributed by atoms with Gasteiger partial charge in [-0.15, -0.1) is 0 Å². The van der Waals surface area contributed by atoms with E-state index < -0.39 is 50.3 Å². The first-order chi connectivity index (χ1) is 18.7. The average molecular weight is 600 g/mol. The fraction of sp³-hybridized carbons (Fsp3) is 0.167. The van der Waals surface area contributed by atoms with Crippen LogP contribution in [0.4, 0.5) is 22.0 Å². The number of sulfone groups is 1. The predicted octanol–water partition coefficient (Wildman–Crippen LogP) is 5.33. The molecule has 0 fully saturated rings. The van der Waals surface area contributed by atoms with E-state index in [2.05, 4.69) is 15.1 Å². The van der Waals surface area contributed by atoms with Crippen molar-refractivity contribution in [3.05, 3.63) is 82.0 Å². The lowest BCUT2D eigenvalue weighted by atomic mass is 10.1. The second-order valence-electron chi connectivity index (χ2n) is 8.37. The van der Waals surface area contributed by atoms with Crippen LogP contribution in [0.2, 0.25) is 5.02 Å². The highest BCUT2D eigenvalue weighted by atomic mass is 35.5. The zero-order chi connectivity index (χ0) is 29.0. The number of benzene rings is 2. The zero-order valence-electron chi connectivity index (χ0n) is 20.0. The van der Waals surface area contributed by atoms with Gasteiger partial charge in [0.05, 0.1) is 16.3 Å². The van der Waals surface area contributed by atoms with Crippen molar-refractivity contribution in [1.29, 1.82) is 0 Å². The van der Waals surface area contributed by atoms with Gasteiger partial charge in [0.15, 0.2) is 21.2 Å². The fourth-order valence-corrected chi connectivity index (χ4v) is 4.88. The normalized spacial score (nSPS) is 12.8. The van der Waals surface area contributed by atoms with Crippen molar-refractivity contribution in [2.24, 2.45) is 0 Å². The summed E-state index contributed by atoms with van der Waals surface area (Å²) in [6.45, 7) is 1.36. The maximum absolute atomic E-state index is 13.9. The number of alkyl halides is 5. The molecule has 0 spiro atoms. The highest BCUT2D eigenvalue weighted by Crippen LogP contribution is 2.44. The molecule has 5 rings (SSSR count). The summed E-state index contributed by atoms with van der Waals surface area (Å²) in [7, 11) is -3.97. The standard InChI is InChI=1S/C24H15ClF5N5O4S/c1-2-40(37,38)18-9-10-19(35-22(36)34(12-31-35)15-6-4-14(25)5-7-15)33-20(18)21-32-16-11-13(3-8-17(16)39-21)23(26,27)24(28,29)30/h3-12H,2H2,1H3. The fourth-order valence-electron chi connectivity index (χ4n) is 3.74. The van der Waals surface area contributed by atoms with E-state index in [1.807, 2.05) is 0 Å². The molecule has 0 unspecified atom stereocenters. The Labute approximate surface area is 226 Å². The number of aromatic nitrogens is 5. The van der Waals surface area contributed by atoms with Crippen LogP contribution in [0, 0.1) is 0 Å². The van der Waals surface area contributed by atoms with Gasteiger partial charge < -0.3 is 4.42 Å². The number of halogens is 6. The molecule has 3 aromatic heterocycles. The van der Waals surface area contributed by atoms with Crippen LogP contribution in [-0.4, -0.2) is 44.7 Å². The van der Waals surface area contributed by atoms with Gasteiger partial charge in [0, 0.05) is 10.6 Å². The van der Waals surface area contributed by atoms with E-state index in [-0.39, 0.29) is 22.0 Å². The van der Waals surface area contributed by atoms with Crippen LogP contribution in [-0.2, 0) is 15.8 Å². The van der Waals surface area contributed by atoms with E-state index in [4.69, 9.17) is 16.0 Å². The smallest absolute Gasteiger partial charge is 0.435 e. The molecule has 0 bridgehead atoms. The third-order valence-corrected chi connectivity index (χ3v) is 7.87. The molecule has 2 aromatic carbocycles. The Bertz CT molecular complexity index is 1910. The monoisotopic (exact) mass is 599 g/mol. The van der Waals surface area contributed by atoms with E-state index >= 15 is 0 Å². The first-order valence-electron chi connectivity index (χ1n) is 11.3. The summed E-state index contributed by atoms with van der Waals surface area (Å²) >= 11 is 5.89. The van der Waals surface area contributed by atoms with Crippen LogP contribution in [0.5, 0.6) is 0 Å². The molecule has 16 heteroatoms. The average Bonchev–Trinajstić information content (AvgIpc) is 3.51. The second kappa shape index (κ2) is 9.52. The molecular formula is C24H15ClF5N5O4S. The molecule has 208 valence electrons. The number of oxazole rings is 1. The maximum atomic E-state index is 13.9. The number of fused-ring (bicyclic) bond motifs is 1. The molecule has 0 atom stereocenters. The van der Waals surface area contributed by atoms with Gasteiger partial charge in [-0.3, -0.25) is 0 Å². The van der Waals surface area contributed by atoms with Crippen LogP contribution < -0.4 is 5.69 Å². The third kappa shape index (κ3) is 4.64. The first kappa shape index (κ1) is 27.5. The maximum Gasteiger partial charge on any atom is 0.458 e. The first-order valence-corrected chi connectivity index (χ1v) is 13.3. The van der Waals surface area contributed by atoms with Gasteiger partial charge in [-0.2, -0.15) is 31.7 Å². The van der Waals surface area contributed by atoms with Gasteiger partial charge in [-0.05, 0) is 54.6 Å². The summed E-state index contributed by atoms with van der Waals surface area (Å²) in [4.78, 5) is 20.9. The number of hydrogen-bond donors (Lipinski definition) is 0. The lowest BCUT2D eigenvalue weighted by Crippen LogP contribution is -2.33. The van der Waals surface area contributed by atoms with E-state index in [9.17, 15) is 35.2 Å². The van der Waals surface area contributed by atoms with Crippen LogP contribution in [0.15, 0.2) is 75.0 Å². The number of nitrogens with zero attached hydrogens (tertiary/aromatic N) is 5. The second-order valence-corrected chi connectivity index (χ2v) is 11.0. The van der Waals surface area contributed by atoms with E-state index in [0.717, 1.165) is 16.8 Å². The van der Waals surface area contributed by atoms with Crippen molar-refractivity contribution in [2.45, 2.75) is 23.9 Å². The minimum absolute atomic E-state index is 0.144. The molecule has 0 saturated carbocycles. The molecule has 0 radical (unpaired) electrons. The molecule has 0 aliphatic rings. The minimum Gasteiger partial charge on any atom is -0.435 e. The van der Waals surface area contributed by atoms with Gasteiger partial charge in [0.2, 0.25) is 5.89 Å². The van der Waals surface area contributed by atoms with Gasteiger partial charge >= 0.3 is 17.8 Å². The van der Waals surface area contributed by atoms with Crippen LogP contribution in [0.3, 0.4) is 0 Å². The molecule has 0 N–H and O–H groups in total. The Kier molecular flexibility index (Phi) is 6.53. The summed E-state index contributed by atoms with van der Waals surface area (Å²) in [5.74, 6) is -6.16. The highest BCUT2D eigenvalue weighted by Gasteiger charge is 2.58. The molecule has 0 aliphatic heterocycles. The van der Waals surface area contributed by atoms with Crippen LogP contribution in [0.25, 0.3) is 34.2 Å². The summed E-state index contributed by atoms with van der Waals surface area (Å²) in [6, 6.07) is 10.5. The van der Waals surface area contributed by atoms with Gasteiger partial charge in [0.25, 0.3) is 0 Å². The lowest BCUT2D eigenvalue weighted by Gasteiger charge is -2.19. The summed E-state index contributed by atoms with van der Waals surface area (Å²) in [5, 5.41) is 4.46. The Balaban J connectivity index is 1.66. The van der Waals surface area contributed by atoms with Crippen molar-refractivity contribution in [2.75, 3.05) is 5.75 Å². The summed E-state index contributed by atoms with van der Waals surface area (Å²) < 4.78 is 99.5. The van der Waals surface area contributed by atoms with E-state index in [0.29, 0.717) is 22.8 Å². The zero-order valence-corrected chi connectivity index (χ0v) is 21.6. The molecule has 0 amide bonds. The third-order valence-electron chi connectivity index (χ3n) is 5.86. The SMILES string of the molecule is CCS(=O)(=O)c1ccc(-n2ncn(-c3ccc(Cl)cc3)c2=O)nc1-c1nc2cc(C(F)(F)C(F)(F)F)ccc2o1. The Hall–Kier alpha value is -4.11. The molecule has 40 heavy (non-hydrogen) atoms. The largest absolute Gasteiger partial charge is 0.458 e. The molecular weight excluding hydrogens is 585 g/mol. The van der Waals surface area contributed by atoms with Crippen molar-refractivity contribution < 1.29 is 34.8 Å². The minimum atomic E-state index is -5.85. The van der Waals surface area contributed by atoms with Gasteiger partial charge in [-0.1, -0.05) is 18.5 Å². The molecule has 3 heterocycles. The molecule has 5 aromatic rings. The van der Waals surface area contributed by atoms with Crippen molar-refractivity contribution in [3.8, 4) is 23.1 Å². The topological polar surface area (TPSA) is 113 Å². The Morgan fingerprint density at radius 2 is 1.68 bits per heavy atom. The van der Waals surface area contributed by atoms with Gasteiger partial charge in [-0.25, -0.2) is 27.7 Å². The lowest BCUT2D eigenvalue weighted by molar-refractivity contribution is -0.289. The highest BCUT2D eigenvalue weighted by molar-refractivity contribution is 7.91.